The molecule has 1 heterocycles. The molecule has 3 aromatic rings. The molecule has 30 heavy (non-hydrogen) atoms. The zero-order valence-corrected chi connectivity index (χ0v) is 15.3. The average Bonchev–Trinajstić information content (AvgIpc) is 3.51. The number of benzene rings is 2. The summed E-state index contributed by atoms with van der Waals surface area (Å²) in [6.07, 6.45) is -3.83. The summed E-state index contributed by atoms with van der Waals surface area (Å²) >= 11 is 0. The maximum Gasteiger partial charge on any atom is 0.418 e. The lowest BCUT2D eigenvalue weighted by molar-refractivity contribution is -0.136. The molecule has 0 aliphatic heterocycles. The molecule has 5 nitrogen and oxygen atoms in total. The molecule has 10 heteroatoms. The Morgan fingerprint density at radius 1 is 1.13 bits per heavy atom. The first-order valence-electron chi connectivity index (χ1n) is 9.02. The van der Waals surface area contributed by atoms with Crippen LogP contribution in [0.5, 0.6) is 0 Å². The number of nitrogens with one attached hydrogen (secondary N) is 1. The van der Waals surface area contributed by atoms with Gasteiger partial charge in [0.15, 0.2) is 11.6 Å². The number of amides is 1. The van der Waals surface area contributed by atoms with E-state index in [1.165, 1.54) is 12.1 Å². The summed E-state index contributed by atoms with van der Waals surface area (Å²) in [5, 5.41) is -0.289. The van der Waals surface area contributed by atoms with Crippen LogP contribution in [0, 0.1) is 11.6 Å². The van der Waals surface area contributed by atoms with Crippen LogP contribution in [0.25, 0.3) is 10.9 Å². The topological polar surface area (TPSA) is 64.0 Å². The van der Waals surface area contributed by atoms with Crippen molar-refractivity contribution in [2.75, 3.05) is 5.43 Å². The number of rotatable bonds is 4. The largest absolute Gasteiger partial charge is 0.418 e. The second-order valence-electron chi connectivity index (χ2n) is 7.04. The zero-order chi connectivity index (χ0) is 21.6. The fraction of sp³-hybridized carbons (Fsp3) is 0.250. The van der Waals surface area contributed by atoms with Crippen molar-refractivity contribution in [2.45, 2.75) is 31.4 Å². The van der Waals surface area contributed by atoms with E-state index in [9.17, 15) is 31.5 Å². The van der Waals surface area contributed by atoms with Crippen molar-refractivity contribution in [1.82, 2.24) is 9.66 Å². The van der Waals surface area contributed by atoms with E-state index < -0.39 is 40.4 Å². The van der Waals surface area contributed by atoms with Gasteiger partial charge in [-0.3, -0.25) is 15.0 Å². The van der Waals surface area contributed by atoms with Crippen molar-refractivity contribution >= 4 is 16.8 Å². The Labute approximate surface area is 166 Å². The summed E-state index contributed by atoms with van der Waals surface area (Å²) in [4.78, 5) is 29.3. The summed E-state index contributed by atoms with van der Waals surface area (Å²) in [5.41, 5.74) is 0.167. The number of hydrogen-bond acceptors (Lipinski definition) is 3. The predicted octanol–water partition coefficient (Wildman–Crippen LogP) is 3.88. The smallest absolute Gasteiger partial charge is 0.273 e. The number of alkyl halides is 3. The summed E-state index contributed by atoms with van der Waals surface area (Å²) in [6.45, 7) is 0. The highest BCUT2D eigenvalue weighted by atomic mass is 19.4. The maximum atomic E-state index is 13.3. The molecule has 1 N–H and O–H groups in total. The van der Waals surface area contributed by atoms with E-state index in [2.05, 4.69) is 10.4 Å². The molecule has 1 amide bonds. The van der Waals surface area contributed by atoms with Crippen LogP contribution in [-0.4, -0.2) is 15.6 Å². The van der Waals surface area contributed by atoms with Crippen LogP contribution in [0.1, 0.15) is 35.7 Å². The Morgan fingerprint density at radius 3 is 2.50 bits per heavy atom. The fourth-order valence-electron chi connectivity index (χ4n) is 3.18. The predicted molar refractivity (Wildman–Crippen MR) is 97.4 cm³/mol. The Balaban J connectivity index is 1.74. The number of carbonyl (C=O) groups is 1. The van der Waals surface area contributed by atoms with Gasteiger partial charge in [0.05, 0.1) is 22.9 Å². The average molecular weight is 423 g/mol. The van der Waals surface area contributed by atoms with Crippen LogP contribution in [0.15, 0.2) is 41.2 Å². The van der Waals surface area contributed by atoms with E-state index in [4.69, 9.17) is 0 Å². The lowest BCUT2D eigenvalue weighted by Gasteiger charge is -2.16. The first-order valence-corrected chi connectivity index (χ1v) is 9.02. The van der Waals surface area contributed by atoms with E-state index in [-0.39, 0.29) is 29.1 Å². The van der Waals surface area contributed by atoms with Gasteiger partial charge >= 0.3 is 6.18 Å². The van der Waals surface area contributed by atoms with Gasteiger partial charge in [-0.2, -0.15) is 13.2 Å². The second-order valence-corrected chi connectivity index (χ2v) is 7.04. The maximum absolute atomic E-state index is 13.3. The van der Waals surface area contributed by atoms with Crippen molar-refractivity contribution in [3.05, 3.63) is 75.3 Å². The monoisotopic (exact) mass is 423 g/mol. The first-order chi connectivity index (χ1) is 14.1. The Kier molecular flexibility index (Phi) is 4.79. The molecule has 0 spiro atoms. The van der Waals surface area contributed by atoms with Gasteiger partial charge in [0.2, 0.25) is 5.91 Å². The van der Waals surface area contributed by atoms with E-state index >= 15 is 0 Å². The van der Waals surface area contributed by atoms with Gasteiger partial charge in [-0.25, -0.2) is 18.4 Å². The summed E-state index contributed by atoms with van der Waals surface area (Å²) in [6, 6.07) is 6.09. The van der Waals surface area contributed by atoms with Crippen molar-refractivity contribution < 1.29 is 26.7 Å². The molecule has 1 aliphatic rings. The van der Waals surface area contributed by atoms with Crippen LogP contribution in [0.2, 0.25) is 0 Å². The molecule has 1 saturated carbocycles. The molecule has 0 saturated heterocycles. The number of halogens is 5. The molecule has 4 rings (SSSR count). The minimum absolute atomic E-state index is 0.0304. The molecular formula is C20H14F5N3O2. The molecule has 156 valence electrons. The van der Waals surface area contributed by atoms with Crippen LogP contribution in [-0.2, 0) is 17.4 Å². The van der Waals surface area contributed by atoms with Crippen LogP contribution >= 0.6 is 0 Å². The third kappa shape index (κ3) is 3.77. The minimum Gasteiger partial charge on any atom is -0.273 e. The molecule has 0 atom stereocenters. The quantitative estimate of drug-likeness (QED) is 0.648. The third-order valence-electron chi connectivity index (χ3n) is 4.76. The number of nitrogens with zero attached hydrogens (tertiary/aromatic N) is 2. The van der Waals surface area contributed by atoms with Gasteiger partial charge in [0.1, 0.15) is 5.82 Å². The number of aromatic nitrogens is 2. The second kappa shape index (κ2) is 7.19. The molecule has 0 bridgehead atoms. The van der Waals surface area contributed by atoms with Crippen molar-refractivity contribution in [3.8, 4) is 0 Å². The highest BCUT2D eigenvalue weighted by molar-refractivity contribution is 5.87. The number of hydrogen-bond donors (Lipinski definition) is 1. The third-order valence-corrected chi connectivity index (χ3v) is 4.76. The molecule has 1 fully saturated rings. The molecule has 1 aromatic heterocycles. The SMILES string of the molecule is O=C(Cc1ccc(F)c(F)c1)Nn1c(C2CC2)nc2c(C(F)(F)F)cccc2c1=O. The lowest BCUT2D eigenvalue weighted by atomic mass is 10.1. The standard InChI is InChI=1S/C20H14F5N3O2/c21-14-7-4-10(8-15(14)22)9-16(29)27-28-18(11-5-6-11)26-17-12(19(28)30)2-1-3-13(17)20(23,24)25/h1-4,7-8,11H,5-6,9H2,(H,27,29). The summed E-state index contributed by atoms with van der Waals surface area (Å²) in [7, 11) is 0. The van der Waals surface area contributed by atoms with E-state index in [1.54, 1.807) is 0 Å². The van der Waals surface area contributed by atoms with Crippen molar-refractivity contribution in [2.24, 2.45) is 0 Å². The van der Waals surface area contributed by atoms with Crippen LogP contribution in [0.4, 0.5) is 22.0 Å². The van der Waals surface area contributed by atoms with Gasteiger partial charge < -0.3 is 0 Å². The molecular weight excluding hydrogens is 409 g/mol. The van der Waals surface area contributed by atoms with Gasteiger partial charge in [0, 0.05) is 5.92 Å². The lowest BCUT2D eigenvalue weighted by Crippen LogP contribution is -2.37. The van der Waals surface area contributed by atoms with Gasteiger partial charge in [-0.05, 0) is 42.7 Å². The number of carbonyl (C=O) groups excluding carboxylic acids is 1. The van der Waals surface area contributed by atoms with E-state index in [0.717, 1.165) is 28.9 Å². The molecule has 2 aromatic carbocycles. The molecule has 0 unspecified atom stereocenters. The van der Waals surface area contributed by atoms with E-state index in [0.29, 0.717) is 12.8 Å². The minimum atomic E-state index is -4.69. The van der Waals surface area contributed by atoms with Crippen LogP contribution < -0.4 is 11.0 Å². The number of fused-ring (bicyclic) bond motifs is 1. The molecule has 1 aliphatic carbocycles. The van der Waals surface area contributed by atoms with Gasteiger partial charge in [-0.1, -0.05) is 12.1 Å². The highest BCUT2D eigenvalue weighted by Crippen LogP contribution is 2.40. The molecule has 0 radical (unpaired) electrons. The van der Waals surface area contributed by atoms with Gasteiger partial charge in [0.25, 0.3) is 5.56 Å². The van der Waals surface area contributed by atoms with E-state index in [1.807, 2.05) is 0 Å². The first kappa shape index (κ1) is 20.0. The number of para-hydroxylation sites is 1. The van der Waals surface area contributed by atoms with Crippen LogP contribution in [0.3, 0.4) is 0 Å². The highest BCUT2D eigenvalue weighted by Gasteiger charge is 2.36. The summed E-state index contributed by atoms with van der Waals surface area (Å²) in [5.74, 6) is -3.14. The normalized spacial score (nSPS) is 14.2. The zero-order valence-electron chi connectivity index (χ0n) is 15.3. The van der Waals surface area contributed by atoms with Crippen molar-refractivity contribution in [1.29, 1.82) is 0 Å². The summed E-state index contributed by atoms with van der Waals surface area (Å²) < 4.78 is 67.2. The fourth-order valence-corrected chi connectivity index (χ4v) is 3.18. The Bertz CT molecular complexity index is 1220. The van der Waals surface area contributed by atoms with Gasteiger partial charge in [-0.15, -0.1) is 0 Å². The van der Waals surface area contributed by atoms with Crippen molar-refractivity contribution in [3.63, 3.8) is 0 Å². The Morgan fingerprint density at radius 2 is 1.87 bits per heavy atom. The Hall–Kier alpha value is -3.30.